The first kappa shape index (κ1) is 51.6. The highest BCUT2D eigenvalue weighted by molar-refractivity contribution is 5.69. The molecule has 0 aromatic carbocycles. The van der Waals surface area contributed by atoms with Gasteiger partial charge in [0.25, 0.3) is 0 Å². The summed E-state index contributed by atoms with van der Waals surface area (Å²) >= 11 is 0. The van der Waals surface area contributed by atoms with Crippen LogP contribution in [0.25, 0.3) is 0 Å². The molecule has 0 saturated heterocycles. The second-order valence-corrected chi connectivity index (χ2v) is 12.1. The van der Waals surface area contributed by atoms with Crippen LogP contribution in [0.3, 0.4) is 0 Å². The fraction of sp³-hybridized carbons (Fsp3) is 0.892. The third-order valence-corrected chi connectivity index (χ3v) is 7.11. The van der Waals surface area contributed by atoms with Gasteiger partial charge in [-0.05, 0) is 25.7 Å². The van der Waals surface area contributed by atoms with Crippen molar-refractivity contribution < 1.29 is 49.4 Å². The second kappa shape index (κ2) is 45.9. The van der Waals surface area contributed by atoms with E-state index in [9.17, 15) is 19.2 Å². The first-order valence-corrected chi connectivity index (χ1v) is 18.6. The average molecular weight is 679 g/mol. The van der Waals surface area contributed by atoms with Crippen LogP contribution in [-0.2, 0) is 23.9 Å². The minimum atomic E-state index is -0.951. The lowest BCUT2D eigenvalue weighted by molar-refractivity contribution is -0.147. The normalized spacial score (nSPS) is 10.7. The lowest BCUT2D eigenvalue weighted by Crippen LogP contribution is -2.21. The maximum atomic E-state index is 11.2. The van der Waals surface area contributed by atoms with Crippen molar-refractivity contribution in [2.24, 2.45) is 0 Å². The number of carboxylic acid groups (broad SMARTS) is 3. The van der Waals surface area contributed by atoms with Gasteiger partial charge in [0.1, 0.15) is 12.7 Å². The van der Waals surface area contributed by atoms with Crippen LogP contribution in [0.15, 0.2) is 0 Å². The molecule has 0 heterocycles. The summed E-state index contributed by atoms with van der Waals surface area (Å²) in [6.45, 7) is 8.17. The molecular weight excluding hydrogens is 604 g/mol. The Labute approximate surface area is 287 Å². The van der Waals surface area contributed by atoms with E-state index >= 15 is 0 Å². The zero-order valence-electron chi connectivity index (χ0n) is 30.7. The van der Waals surface area contributed by atoms with Crippen LogP contribution in [0.4, 0.5) is 0 Å². The molecule has 282 valence electrons. The zero-order chi connectivity index (χ0) is 36.4. The number of aliphatic hydroxyl groups excluding tert-OH is 2. The fourth-order valence-corrected chi connectivity index (χ4v) is 4.18. The van der Waals surface area contributed by atoms with Gasteiger partial charge in [0, 0.05) is 25.7 Å². The SMILES string of the molecule is CCCCCCCC(=O)O.CCCCCCCC(=O)O.CCCCCCCC(=O)O.CCCCCCCCCC(=O)OCC(O)CO. The fourth-order valence-electron chi connectivity index (χ4n) is 4.18. The van der Waals surface area contributed by atoms with Gasteiger partial charge in [0.05, 0.1) is 6.61 Å². The number of esters is 1. The third-order valence-electron chi connectivity index (χ3n) is 7.11. The van der Waals surface area contributed by atoms with Gasteiger partial charge in [-0.25, -0.2) is 0 Å². The van der Waals surface area contributed by atoms with Gasteiger partial charge in [0.2, 0.25) is 0 Å². The second-order valence-electron chi connectivity index (χ2n) is 12.1. The first-order chi connectivity index (χ1) is 22.5. The van der Waals surface area contributed by atoms with Crippen molar-refractivity contribution >= 4 is 23.9 Å². The lowest BCUT2D eigenvalue weighted by Gasteiger charge is -2.08. The van der Waals surface area contributed by atoms with Crippen molar-refractivity contribution in [2.45, 2.75) is 201 Å². The van der Waals surface area contributed by atoms with Crippen LogP contribution >= 0.6 is 0 Å². The highest BCUT2D eigenvalue weighted by Gasteiger charge is 2.07. The summed E-state index contributed by atoms with van der Waals surface area (Å²) in [5.41, 5.74) is 0. The Morgan fingerprint density at radius 1 is 0.447 bits per heavy atom. The number of hydrogen-bond donors (Lipinski definition) is 5. The molecule has 5 N–H and O–H groups in total. The maximum Gasteiger partial charge on any atom is 0.305 e. The first-order valence-electron chi connectivity index (χ1n) is 18.6. The van der Waals surface area contributed by atoms with Crippen LogP contribution in [-0.4, -0.2) is 68.7 Å². The Hall–Kier alpha value is -2.20. The molecule has 10 nitrogen and oxygen atoms in total. The molecule has 0 amide bonds. The molecule has 1 atom stereocenters. The minimum Gasteiger partial charge on any atom is -0.481 e. The van der Waals surface area contributed by atoms with E-state index in [0.29, 0.717) is 25.7 Å². The van der Waals surface area contributed by atoms with Gasteiger partial charge in [-0.3, -0.25) is 19.2 Å². The summed E-state index contributed by atoms with van der Waals surface area (Å²) in [6, 6.07) is 0. The summed E-state index contributed by atoms with van der Waals surface area (Å²) in [6.07, 6.45) is 25.3. The Morgan fingerprint density at radius 2 is 0.702 bits per heavy atom. The Kier molecular flexibility index (Phi) is 50.4. The van der Waals surface area contributed by atoms with Gasteiger partial charge in [-0.1, -0.05) is 143 Å². The molecular formula is C37H74O10. The van der Waals surface area contributed by atoms with Crippen LogP contribution in [0.2, 0.25) is 0 Å². The highest BCUT2D eigenvalue weighted by atomic mass is 16.5. The Bertz CT molecular complexity index is 612. The van der Waals surface area contributed by atoms with Crippen molar-refractivity contribution in [3.05, 3.63) is 0 Å². The molecule has 1 unspecified atom stereocenters. The molecule has 0 saturated carbocycles. The topological polar surface area (TPSA) is 179 Å². The number of carbonyl (C=O) groups excluding carboxylic acids is 1. The molecule has 0 fully saturated rings. The van der Waals surface area contributed by atoms with E-state index in [1.165, 1.54) is 89.9 Å². The molecule has 0 aromatic heterocycles. The van der Waals surface area contributed by atoms with E-state index in [4.69, 9.17) is 30.3 Å². The van der Waals surface area contributed by atoms with E-state index in [1.807, 2.05) is 0 Å². The number of rotatable bonds is 29. The van der Waals surface area contributed by atoms with Crippen LogP contribution in [0, 0.1) is 0 Å². The van der Waals surface area contributed by atoms with Crippen molar-refractivity contribution in [1.29, 1.82) is 0 Å². The molecule has 0 radical (unpaired) electrons. The van der Waals surface area contributed by atoms with Crippen molar-refractivity contribution in [3.63, 3.8) is 0 Å². The van der Waals surface area contributed by atoms with Gasteiger partial charge in [0.15, 0.2) is 0 Å². The smallest absolute Gasteiger partial charge is 0.305 e. The van der Waals surface area contributed by atoms with Crippen LogP contribution in [0.5, 0.6) is 0 Å². The standard InChI is InChI=1S/C13H26O4.3C8H16O2/c1-2-3-4-5-6-7-8-9-13(16)17-11-12(15)10-14;3*1-2-3-4-5-6-7-8(9)10/h12,14-15H,2-11H2,1H3;3*2-7H2,1H3,(H,9,10). The molecule has 0 spiro atoms. The Balaban J connectivity index is -0.000000272. The van der Waals surface area contributed by atoms with Gasteiger partial charge in [-0.2, -0.15) is 0 Å². The molecule has 0 aliphatic heterocycles. The van der Waals surface area contributed by atoms with E-state index < -0.39 is 24.0 Å². The number of aliphatic carboxylic acids is 3. The molecule has 10 heteroatoms. The summed E-state index contributed by atoms with van der Waals surface area (Å²) in [5, 5.41) is 42.3. The number of aliphatic hydroxyl groups is 2. The quantitative estimate of drug-likeness (QED) is 0.0378. The van der Waals surface area contributed by atoms with E-state index in [0.717, 1.165) is 51.4 Å². The van der Waals surface area contributed by atoms with E-state index in [-0.39, 0.29) is 19.2 Å². The highest BCUT2D eigenvalue weighted by Crippen LogP contribution is 2.09. The van der Waals surface area contributed by atoms with Crippen LogP contribution < -0.4 is 0 Å². The minimum absolute atomic E-state index is 0.105. The van der Waals surface area contributed by atoms with Gasteiger partial charge in [-0.15, -0.1) is 0 Å². The summed E-state index contributed by atoms with van der Waals surface area (Å²) in [7, 11) is 0. The number of unbranched alkanes of at least 4 members (excludes halogenated alkanes) is 18. The maximum absolute atomic E-state index is 11.2. The third kappa shape index (κ3) is 63.2. The number of carbonyl (C=O) groups is 4. The number of ether oxygens (including phenoxy) is 1. The van der Waals surface area contributed by atoms with Crippen molar-refractivity contribution in [2.75, 3.05) is 13.2 Å². The molecule has 0 aromatic rings. The largest absolute Gasteiger partial charge is 0.481 e. The van der Waals surface area contributed by atoms with Crippen LogP contribution in [0.1, 0.15) is 195 Å². The molecule has 0 aliphatic carbocycles. The van der Waals surface area contributed by atoms with Gasteiger partial charge < -0.3 is 30.3 Å². The van der Waals surface area contributed by atoms with E-state index in [1.54, 1.807) is 0 Å². The molecule has 0 aliphatic rings. The Morgan fingerprint density at radius 3 is 0.957 bits per heavy atom. The summed E-state index contributed by atoms with van der Waals surface area (Å²) < 4.78 is 4.79. The molecule has 47 heavy (non-hydrogen) atoms. The van der Waals surface area contributed by atoms with Crippen molar-refractivity contribution in [3.8, 4) is 0 Å². The van der Waals surface area contributed by atoms with E-state index in [2.05, 4.69) is 27.7 Å². The predicted octanol–water partition coefficient (Wildman–Crippen LogP) is 9.32. The monoisotopic (exact) mass is 679 g/mol. The molecule has 0 rings (SSSR count). The zero-order valence-corrected chi connectivity index (χ0v) is 30.7. The summed E-state index contributed by atoms with van der Waals surface area (Å²) in [4.78, 5) is 41.3. The number of carboxylic acids is 3. The predicted molar refractivity (Wildman–Crippen MR) is 190 cm³/mol. The number of hydrogen-bond acceptors (Lipinski definition) is 7. The van der Waals surface area contributed by atoms with Crippen molar-refractivity contribution in [1.82, 2.24) is 0 Å². The lowest BCUT2D eigenvalue weighted by atomic mass is 10.1. The van der Waals surface area contributed by atoms with Gasteiger partial charge >= 0.3 is 23.9 Å². The summed E-state index contributed by atoms with van der Waals surface area (Å²) in [5.74, 6) is -2.30. The molecule has 0 bridgehead atoms. The average Bonchev–Trinajstić information content (AvgIpc) is 3.03.